The number of hydrogen-bond acceptors (Lipinski definition) is 7. The summed E-state index contributed by atoms with van der Waals surface area (Å²) in [5.41, 5.74) is 1.52. The predicted molar refractivity (Wildman–Crippen MR) is 186 cm³/mol. The molecule has 0 heterocycles. The molecule has 45 heavy (non-hydrogen) atoms. The molecule has 0 aromatic heterocycles. The third-order valence-corrected chi connectivity index (χ3v) is 10.1. The van der Waals surface area contributed by atoms with Crippen molar-refractivity contribution >= 4 is 35.4 Å². The van der Waals surface area contributed by atoms with E-state index in [0.717, 1.165) is 27.3 Å². The highest BCUT2D eigenvalue weighted by atomic mass is 35.5. The van der Waals surface area contributed by atoms with Crippen LogP contribution < -0.4 is 34.9 Å². The van der Waals surface area contributed by atoms with Crippen molar-refractivity contribution in [3.05, 3.63) is 58.1 Å². The second-order valence-corrected chi connectivity index (χ2v) is 16.6. The maximum Gasteiger partial charge on any atom is 0.188 e. The van der Waals surface area contributed by atoms with Gasteiger partial charge in [-0.2, -0.15) is 0 Å². The molecule has 3 aromatic carbocycles. The van der Waals surface area contributed by atoms with E-state index in [-0.39, 0.29) is 30.2 Å². The summed E-state index contributed by atoms with van der Waals surface area (Å²) in [6, 6.07) is 11.6. The molecule has 0 aliphatic carbocycles. The van der Waals surface area contributed by atoms with Crippen molar-refractivity contribution in [2.75, 3.05) is 42.0 Å². The number of phenolic OH excluding ortho intramolecular Hbond substituents is 1. The molecular formula is C36H50ClO7P. The minimum atomic E-state index is -1.65. The lowest BCUT2D eigenvalue weighted by molar-refractivity contribution is 0.0505. The van der Waals surface area contributed by atoms with E-state index in [1.54, 1.807) is 28.4 Å². The first-order valence-corrected chi connectivity index (χ1v) is 16.6. The van der Waals surface area contributed by atoms with Crippen LogP contribution in [-0.2, 0) is 25.7 Å². The molecule has 1 N–H and O–H groups in total. The van der Waals surface area contributed by atoms with Gasteiger partial charge in [-0.1, -0.05) is 73.9 Å². The smallest absolute Gasteiger partial charge is 0.188 e. The summed E-state index contributed by atoms with van der Waals surface area (Å²) in [5, 5.41) is 14.9. The summed E-state index contributed by atoms with van der Waals surface area (Å²) in [4.78, 5) is 0. The van der Waals surface area contributed by atoms with Crippen molar-refractivity contribution in [1.29, 1.82) is 0 Å². The molecule has 0 saturated heterocycles. The van der Waals surface area contributed by atoms with Crippen molar-refractivity contribution in [2.45, 2.75) is 78.6 Å². The Morgan fingerprint density at radius 2 is 0.978 bits per heavy atom. The van der Waals surface area contributed by atoms with Crippen molar-refractivity contribution in [3.8, 4) is 28.7 Å². The number of ether oxygens (including phenoxy) is 6. The van der Waals surface area contributed by atoms with Crippen molar-refractivity contribution in [2.24, 2.45) is 0 Å². The fraction of sp³-hybridized carbons (Fsp3) is 0.500. The van der Waals surface area contributed by atoms with Crippen molar-refractivity contribution < 1.29 is 33.5 Å². The average Bonchev–Trinajstić information content (AvgIpc) is 2.94. The van der Waals surface area contributed by atoms with Gasteiger partial charge in [-0.3, -0.25) is 0 Å². The zero-order valence-electron chi connectivity index (χ0n) is 29.1. The number of rotatable bonds is 11. The molecule has 0 fully saturated rings. The van der Waals surface area contributed by atoms with Crippen LogP contribution in [0.5, 0.6) is 28.7 Å². The molecule has 0 unspecified atom stereocenters. The van der Waals surface area contributed by atoms with Crippen LogP contribution in [-0.4, -0.2) is 47.1 Å². The second kappa shape index (κ2) is 14.4. The topological polar surface area (TPSA) is 75.6 Å². The standard InChI is InChI=1S/C36H50ClO7P/c1-34(2,3)25-14-22(37)15-28(31(25)38)45(29-18-23(41-12)16-26(35(4,5)6)32(29)43-20-39-10)30-19-24(42-13)17-27(36(7,8)9)33(30)44-21-40-11/h14-19,38H,20-21H2,1-13H3. The average molecular weight is 661 g/mol. The summed E-state index contributed by atoms with van der Waals surface area (Å²) in [6.07, 6.45) is 0. The number of phenols is 1. The van der Waals surface area contributed by atoms with Crippen LogP contribution in [0.25, 0.3) is 0 Å². The van der Waals surface area contributed by atoms with Crippen molar-refractivity contribution in [3.63, 3.8) is 0 Å². The van der Waals surface area contributed by atoms with Gasteiger partial charge in [0.2, 0.25) is 0 Å². The molecule has 3 rings (SSSR count). The maximum atomic E-state index is 12.2. The third kappa shape index (κ3) is 8.37. The van der Waals surface area contributed by atoms with Crippen LogP contribution in [0.3, 0.4) is 0 Å². The summed E-state index contributed by atoms with van der Waals surface area (Å²) in [5.74, 6) is 2.76. The lowest BCUT2D eigenvalue weighted by Gasteiger charge is -2.33. The van der Waals surface area contributed by atoms with E-state index in [0.29, 0.717) is 33.3 Å². The van der Waals surface area contributed by atoms with E-state index in [1.807, 2.05) is 36.4 Å². The summed E-state index contributed by atoms with van der Waals surface area (Å²) >= 11 is 6.87. The largest absolute Gasteiger partial charge is 0.507 e. The minimum absolute atomic E-state index is 0.0265. The zero-order valence-corrected chi connectivity index (χ0v) is 30.8. The van der Waals surface area contributed by atoms with Gasteiger partial charge in [0.15, 0.2) is 13.6 Å². The van der Waals surface area contributed by atoms with E-state index in [1.165, 1.54) is 0 Å². The van der Waals surface area contributed by atoms with Gasteiger partial charge >= 0.3 is 0 Å². The number of hydrogen-bond donors (Lipinski definition) is 1. The first-order valence-electron chi connectivity index (χ1n) is 14.9. The van der Waals surface area contributed by atoms with Crippen LogP contribution in [0.1, 0.15) is 79.0 Å². The van der Waals surface area contributed by atoms with E-state index in [9.17, 15) is 5.11 Å². The highest BCUT2D eigenvalue weighted by Crippen LogP contribution is 2.50. The van der Waals surface area contributed by atoms with Gasteiger partial charge in [0.25, 0.3) is 0 Å². The Kier molecular flexibility index (Phi) is 11.7. The van der Waals surface area contributed by atoms with Crippen molar-refractivity contribution in [1.82, 2.24) is 0 Å². The predicted octanol–water partition coefficient (Wildman–Crippen LogP) is 7.68. The molecule has 0 amide bonds. The molecule has 0 bridgehead atoms. The monoisotopic (exact) mass is 660 g/mol. The Morgan fingerprint density at radius 1 is 0.578 bits per heavy atom. The molecule has 0 aliphatic heterocycles. The Labute approximate surface area is 275 Å². The molecule has 9 heteroatoms. The molecule has 0 atom stereocenters. The molecule has 3 aromatic rings. The molecular weight excluding hydrogens is 611 g/mol. The third-order valence-electron chi connectivity index (χ3n) is 7.40. The summed E-state index contributed by atoms with van der Waals surface area (Å²) in [6.45, 7) is 19.0. The Morgan fingerprint density at radius 3 is 1.31 bits per heavy atom. The first-order chi connectivity index (χ1) is 20.9. The highest BCUT2D eigenvalue weighted by Gasteiger charge is 2.36. The molecule has 0 aliphatic rings. The lowest BCUT2D eigenvalue weighted by Crippen LogP contribution is -2.30. The zero-order chi connectivity index (χ0) is 33.9. The fourth-order valence-electron chi connectivity index (χ4n) is 5.11. The molecule has 7 nitrogen and oxygen atoms in total. The van der Waals surface area contributed by atoms with Gasteiger partial charge in [-0.15, -0.1) is 0 Å². The highest BCUT2D eigenvalue weighted by molar-refractivity contribution is 7.80. The molecule has 248 valence electrons. The SMILES string of the molecule is COCOc1c(P(c2cc(Cl)cc(C(C)(C)C)c2O)c2cc(OC)cc(C(C)(C)C)c2OCOC)cc(OC)cc1C(C)(C)C. The van der Waals surface area contributed by atoms with Crippen LogP contribution in [0.4, 0.5) is 0 Å². The van der Waals surface area contributed by atoms with Gasteiger partial charge in [0.05, 0.1) is 14.2 Å². The molecule has 0 saturated carbocycles. The molecule has 0 radical (unpaired) electrons. The van der Waals surface area contributed by atoms with Gasteiger partial charge in [0.1, 0.15) is 28.7 Å². The van der Waals surface area contributed by atoms with Crippen LogP contribution in [0, 0.1) is 0 Å². The van der Waals surface area contributed by atoms with Gasteiger partial charge in [-0.25, -0.2) is 0 Å². The fourth-order valence-corrected chi connectivity index (χ4v) is 8.08. The number of halogens is 1. The van der Waals surface area contributed by atoms with Crippen LogP contribution >= 0.6 is 19.5 Å². The van der Waals surface area contributed by atoms with E-state index < -0.39 is 13.3 Å². The first kappa shape index (κ1) is 36.8. The van der Waals surface area contributed by atoms with Gasteiger partial charge in [0, 0.05) is 51.8 Å². The van der Waals surface area contributed by atoms with E-state index in [4.69, 9.17) is 40.0 Å². The number of benzene rings is 3. The van der Waals surface area contributed by atoms with Gasteiger partial charge < -0.3 is 33.5 Å². The maximum absolute atomic E-state index is 12.2. The van der Waals surface area contributed by atoms with Gasteiger partial charge in [-0.05, 0) is 60.6 Å². The quantitative estimate of drug-likeness (QED) is 0.167. The summed E-state index contributed by atoms with van der Waals surface area (Å²) in [7, 11) is 4.83. The normalized spacial score (nSPS) is 12.4. The van der Waals surface area contributed by atoms with E-state index >= 15 is 0 Å². The summed E-state index contributed by atoms with van der Waals surface area (Å²) < 4.78 is 35.5. The number of aromatic hydroxyl groups is 1. The minimum Gasteiger partial charge on any atom is -0.507 e. The number of methoxy groups -OCH3 is 4. The van der Waals surface area contributed by atoms with Crippen LogP contribution in [0.15, 0.2) is 36.4 Å². The molecule has 0 spiro atoms. The Balaban J connectivity index is 2.70. The van der Waals surface area contributed by atoms with E-state index in [2.05, 4.69) is 62.3 Å². The lowest BCUT2D eigenvalue weighted by atomic mass is 9.86. The Hall–Kier alpha value is -2.70. The second-order valence-electron chi connectivity index (χ2n) is 14.1. The Bertz CT molecular complexity index is 1410. The van der Waals surface area contributed by atoms with Crippen LogP contribution in [0.2, 0.25) is 5.02 Å².